The molecule has 0 fully saturated rings. The summed E-state index contributed by atoms with van der Waals surface area (Å²) >= 11 is 6.13. The Labute approximate surface area is 130 Å². The monoisotopic (exact) mass is 302 g/mol. The van der Waals surface area contributed by atoms with Crippen molar-refractivity contribution in [2.75, 3.05) is 0 Å². The lowest BCUT2D eigenvalue weighted by Gasteiger charge is -2.15. The predicted octanol–water partition coefficient (Wildman–Crippen LogP) is 3.16. The molecule has 4 heteroatoms. The van der Waals surface area contributed by atoms with Gasteiger partial charge in [0.25, 0.3) is 5.91 Å². The summed E-state index contributed by atoms with van der Waals surface area (Å²) in [5.41, 5.74) is 8.22. The highest BCUT2D eigenvalue weighted by Crippen LogP contribution is 2.16. The average molecular weight is 303 g/mol. The predicted molar refractivity (Wildman–Crippen MR) is 86.4 cm³/mol. The van der Waals surface area contributed by atoms with Crippen molar-refractivity contribution in [1.29, 1.82) is 0 Å². The molecule has 1 atom stereocenters. The van der Waals surface area contributed by atoms with Crippen molar-refractivity contribution in [3.05, 3.63) is 70.2 Å². The molecule has 0 radical (unpaired) electrons. The number of hydrogen-bond acceptors (Lipinski definition) is 2. The summed E-state index contributed by atoms with van der Waals surface area (Å²) in [7, 11) is 0. The van der Waals surface area contributed by atoms with Gasteiger partial charge in [0.05, 0.1) is 0 Å². The lowest BCUT2D eigenvalue weighted by Crippen LogP contribution is -2.34. The topological polar surface area (TPSA) is 55.1 Å². The van der Waals surface area contributed by atoms with E-state index in [2.05, 4.69) is 5.32 Å². The van der Waals surface area contributed by atoms with Crippen molar-refractivity contribution >= 4 is 17.5 Å². The fraction of sp³-hybridized carbons (Fsp3) is 0.235. The third kappa shape index (κ3) is 4.31. The van der Waals surface area contributed by atoms with Gasteiger partial charge in [0, 0.05) is 23.2 Å². The maximum absolute atomic E-state index is 12.2. The van der Waals surface area contributed by atoms with E-state index in [9.17, 15) is 4.79 Å². The van der Waals surface area contributed by atoms with Crippen LogP contribution in [0.1, 0.15) is 28.4 Å². The summed E-state index contributed by atoms with van der Waals surface area (Å²) in [5.74, 6) is -0.0851. The molecule has 0 saturated heterocycles. The van der Waals surface area contributed by atoms with Crippen LogP contribution in [0.5, 0.6) is 0 Å². The van der Waals surface area contributed by atoms with Gasteiger partial charge in [-0.1, -0.05) is 41.9 Å². The molecule has 1 unspecified atom stereocenters. The number of nitrogens with one attached hydrogen (secondary N) is 1. The lowest BCUT2D eigenvalue weighted by molar-refractivity contribution is 0.0940. The summed E-state index contributed by atoms with van der Waals surface area (Å²) in [4.78, 5) is 12.2. The number of nitrogens with two attached hydrogens (primary N) is 1. The molecule has 2 rings (SSSR count). The number of benzene rings is 2. The summed E-state index contributed by atoms with van der Waals surface area (Å²) in [5, 5.41) is 3.71. The minimum Gasteiger partial charge on any atom is -0.349 e. The second-order valence-electron chi connectivity index (χ2n) is 5.07. The van der Waals surface area contributed by atoms with Gasteiger partial charge in [-0.25, -0.2) is 0 Å². The molecule has 0 bridgehead atoms. The van der Waals surface area contributed by atoms with E-state index in [4.69, 9.17) is 17.3 Å². The number of carbonyl (C=O) groups excluding carboxylic acids is 1. The average Bonchev–Trinajstić information content (AvgIpc) is 2.49. The molecule has 110 valence electrons. The molecule has 0 aromatic heterocycles. The van der Waals surface area contributed by atoms with E-state index in [0.717, 1.165) is 16.1 Å². The normalized spacial score (nSPS) is 12.0. The van der Waals surface area contributed by atoms with Crippen LogP contribution in [0.25, 0.3) is 0 Å². The van der Waals surface area contributed by atoms with Gasteiger partial charge in [-0.3, -0.25) is 4.79 Å². The van der Waals surface area contributed by atoms with Crippen LogP contribution in [-0.4, -0.2) is 11.9 Å². The molecule has 0 heterocycles. The minimum atomic E-state index is -0.0851. The van der Waals surface area contributed by atoms with Gasteiger partial charge in [-0.2, -0.15) is 0 Å². The molecule has 1 amide bonds. The zero-order valence-corrected chi connectivity index (χ0v) is 12.7. The fourth-order valence-electron chi connectivity index (χ4n) is 2.14. The first kappa shape index (κ1) is 15.5. The van der Waals surface area contributed by atoms with Gasteiger partial charge in [-0.05, 0) is 42.7 Å². The molecule has 3 nitrogen and oxygen atoms in total. The van der Waals surface area contributed by atoms with E-state index in [1.807, 2.05) is 43.3 Å². The largest absolute Gasteiger partial charge is 0.349 e. The highest BCUT2D eigenvalue weighted by atomic mass is 35.5. The third-order valence-corrected chi connectivity index (χ3v) is 3.68. The van der Waals surface area contributed by atoms with E-state index >= 15 is 0 Å². The Hall–Kier alpha value is -1.84. The maximum Gasteiger partial charge on any atom is 0.251 e. The summed E-state index contributed by atoms with van der Waals surface area (Å²) < 4.78 is 0. The van der Waals surface area contributed by atoms with Crippen molar-refractivity contribution in [1.82, 2.24) is 5.32 Å². The van der Waals surface area contributed by atoms with Gasteiger partial charge >= 0.3 is 0 Å². The van der Waals surface area contributed by atoms with Crippen molar-refractivity contribution in [2.45, 2.75) is 25.9 Å². The second-order valence-corrected chi connectivity index (χ2v) is 5.48. The molecule has 21 heavy (non-hydrogen) atoms. The van der Waals surface area contributed by atoms with Gasteiger partial charge < -0.3 is 11.1 Å². The zero-order chi connectivity index (χ0) is 15.2. The molecule has 3 N–H and O–H groups in total. The Kier molecular flexibility index (Phi) is 5.37. The highest BCUT2D eigenvalue weighted by molar-refractivity contribution is 6.31. The Balaban J connectivity index is 1.97. The van der Waals surface area contributed by atoms with Crippen molar-refractivity contribution in [3.8, 4) is 0 Å². The number of carbonyl (C=O) groups is 1. The van der Waals surface area contributed by atoms with Gasteiger partial charge in [0.15, 0.2) is 0 Å². The van der Waals surface area contributed by atoms with E-state index < -0.39 is 0 Å². The molecule has 0 aliphatic carbocycles. The maximum atomic E-state index is 12.2. The van der Waals surface area contributed by atoms with Crippen LogP contribution in [0.2, 0.25) is 5.02 Å². The van der Waals surface area contributed by atoms with Crippen LogP contribution in [0.15, 0.2) is 48.5 Å². The Bertz CT molecular complexity index is 610. The third-order valence-electron chi connectivity index (χ3n) is 3.31. The lowest BCUT2D eigenvalue weighted by atomic mass is 10.1. The first-order chi connectivity index (χ1) is 10.1. The smallest absolute Gasteiger partial charge is 0.251 e. The Morgan fingerprint density at radius 3 is 2.48 bits per heavy atom. The quantitative estimate of drug-likeness (QED) is 0.891. The number of amides is 1. The molecule has 2 aromatic carbocycles. The summed E-state index contributed by atoms with van der Waals surface area (Å²) in [6.07, 6.45) is 0.701. The molecular weight excluding hydrogens is 284 g/mol. The molecule has 2 aromatic rings. The van der Waals surface area contributed by atoms with Crippen LogP contribution in [0.4, 0.5) is 0 Å². The zero-order valence-electron chi connectivity index (χ0n) is 12.0. The van der Waals surface area contributed by atoms with Crippen LogP contribution >= 0.6 is 11.6 Å². The Morgan fingerprint density at radius 1 is 1.19 bits per heavy atom. The standard InChI is InChI=1S/C17H19ClN2O/c1-12(10-15-4-2-3-5-16(15)18)20-17(21)14-8-6-13(11-19)7-9-14/h2-9,12H,10-11,19H2,1H3,(H,20,21). The van der Waals surface area contributed by atoms with Crippen LogP contribution in [0.3, 0.4) is 0 Å². The molecule has 0 saturated carbocycles. The summed E-state index contributed by atoms with van der Waals surface area (Å²) in [6, 6.07) is 15.0. The molecular formula is C17H19ClN2O. The molecule has 0 spiro atoms. The van der Waals surface area contributed by atoms with Crippen LogP contribution in [-0.2, 0) is 13.0 Å². The first-order valence-corrected chi connectivity index (χ1v) is 7.31. The number of halogens is 1. The fourth-order valence-corrected chi connectivity index (χ4v) is 2.36. The van der Waals surface area contributed by atoms with Crippen LogP contribution in [0, 0.1) is 0 Å². The van der Waals surface area contributed by atoms with Crippen molar-refractivity contribution in [3.63, 3.8) is 0 Å². The van der Waals surface area contributed by atoms with E-state index in [1.165, 1.54) is 0 Å². The molecule has 0 aliphatic rings. The minimum absolute atomic E-state index is 0.00610. The molecule has 0 aliphatic heterocycles. The SMILES string of the molecule is CC(Cc1ccccc1Cl)NC(=O)c1ccc(CN)cc1. The second kappa shape index (κ2) is 7.25. The highest BCUT2D eigenvalue weighted by Gasteiger charge is 2.11. The van der Waals surface area contributed by atoms with E-state index in [0.29, 0.717) is 18.5 Å². The van der Waals surface area contributed by atoms with Crippen molar-refractivity contribution in [2.24, 2.45) is 5.73 Å². The first-order valence-electron chi connectivity index (χ1n) is 6.93. The van der Waals surface area contributed by atoms with E-state index in [-0.39, 0.29) is 11.9 Å². The van der Waals surface area contributed by atoms with Crippen molar-refractivity contribution < 1.29 is 4.79 Å². The number of rotatable bonds is 5. The Morgan fingerprint density at radius 2 is 1.86 bits per heavy atom. The van der Waals surface area contributed by atoms with Gasteiger partial charge in [0.2, 0.25) is 0 Å². The van der Waals surface area contributed by atoms with E-state index in [1.54, 1.807) is 12.1 Å². The number of hydrogen-bond donors (Lipinski definition) is 2. The van der Waals surface area contributed by atoms with Crippen LogP contribution < -0.4 is 11.1 Å². The summed E-state index contributed by atoms with van der Waals surface area (Å²) in [6.45, 7) is 2.44. The van der Waals surface area contributed by atoms with Gasteiger partial charge in [0.1, 0.15) is 0 Å². The van der Waals surface area contributed by atoms with Gasteiger partial charge in [-0.15, -0.1) is 0 Å².